The molecule has 1 aromatic rings. The molecule has 1 amide bonds. The molecule has 0 radical (unpaired) electrons. The monoisotopic (exact) mass is 250 g/mol. The fraction of sp³-hybridized carbons (Fsp3) is 0.385. The summed E-state index contributed by atoms with van der Waals surface area (Å²) in [6.45, 7) is 5.94. The number of carbonyl (C=O) groups excluding carboxylic acids is 1. The van der Waals surface area contributed by atoms with Crippen LogP contribution in [0, 0.1) is 6.92 Å². The van der Waals surface area contributed by atoms with Gasteiger partial charge in [-0.25, -0.2) is 0 Å². The van der Waals surface area contributed by atoms with Gasteiger partial charge >= 0.3 is 0 Å². The van der Waals surface area contributed by atoms with E-state index in [0.29, 0.717) is 11.5 Å². The minimum atomic E-state index is -0.0857. The van der Waals surface area contributed by atoms with Crippen molar-refractivity contribution in [1.82, 2.24) is 10.6 Å². The van der Waals surface area contributed by atoms with Crippen LogP contribution in [0.1, 0.15) is 25.0 Å². The highest BCUT2D eigenvalue weighted by Gasteiger charge is 2.07. The maximum absolute atomic E-state index is 11.7. The molecule has 0 saturated heterocycles. The lowest BCUT2D eigenvalue weighted by Crippen LogP contribution is -2.42. The first-order chi connectivity index (χ1) is 7.99. The fourth-order valence-corrected chi connectivity index (χ4v) is 1.80. The minimum Gasteiger partial charge on any atom is -0.360 e. The normalized spacial score (nSPS) is 10.1. The van der Waals surface area contributed by atoms with Crippen LogP contribution in [0.25, 0.3) is 0 Å². The van der Waals surface area contributed by atoms with E-state index in [1.165, 1.54) is 0 Å². The number of thiocarbonyl (C=S) groups is 1. The summed E-state index contributed by atoms with van der Waals surface area (Å²) in [4.78, 5) is 11.7. The molecule has 0 aliphatic carbocycles. The van der Waals surface area contributed by atoms with Crippen molar-refractivity contribution in [2.24, 2.45) is 0 Å². The van der Waals surface area contributed by atoms with E-state index in [9.17, 15) is 4.79 Å². The zero-order chi connectivity index (χ0) is 12.8. The Hall–Kier alpha value is -1.42. The Bertz CT molecular complexity index is 416. The number of rotatable bonds is 3. The topological polar surface area (TPSA) is 41.1 Å². The van der Waals surface area contributed by atoms with Crippen molar-refractivity contribution in [3.8, 4) is 0 Å². The predicted octanol–water partition coefficient (Wildman–Crippen LogP) is 1.94. The first-order valence-corrected chi connectivity index (χ1v) is 6.04. The van der Waals surface area contributed by atoms with Gasteiger partial charge in [-0.1, -0.05) is 24.3 Å². The standard InChI is InChI=1S/C13H18N2OS/c1-9(2)14-13(17)15-12(16)8-11-7-5-4-6-10(11)3/h4-7,9H,8H2,1-3H3,(H2,14,15,16,17). The van der Waals surface area contributed by atoms with Crippen LogP contribution in [0.4, 0.5) is 0 Å². The van der Waals surface area contributed by atoms with Gasteiger partial charge in [0.15, 0.2) is 5.11 Å². The van der Waals surface area contributed by atoms with Crippen LogP contribution in [-0.4, -0.2) is 17.1 Å². The predicted molar refractivity (Wildman–Crippen MR) is 73.9 cm³/mol. The summed E-state index contributed by atoms with van der Waals surface area (Å²) in [5.41, 5.74) is 2.14. The summed E-state index contributed by atoms with van der Waals surface area (Å²) >= 11 is 5.01. The van der Waals surface area contributed by atoms with E-state index < -0.39 is 0 Å². The molecule has 0 unspecified atom stereocenters. The largest absolute Gasteiger partial charge is 0.360 e. The summed E-state index contributed by atoms with van der Waals surface area (Å²) in [6, 6.07) is 8.06. The molecule has 0 atom stereocenters. The van der Waals surface area contributed by atoms with Crippen LogP contribution in [0.3, 0.4) is 0 Å². The molecule has 1 rings (SSSR count). The van der Waals surface area contributed by atoms with Crippen LogP contribution in [-0.2, 0) is 11.2 Å². The van der Waals surface area contributed by atoms with Gasteiger partial charge in [0, 0.05) is 6.04 Å². The summed E-state index contributed by atoms with van der Waals surface area (Å²) in [5, 5.41) is 6.03. The third kappa shape index (κ3) is 4.95. The van der Waals surface area contributed by atoms with Gasteiger partial charge in [-0.3, -0.25) is 4.79 Å². The summed E-state index contributed by atoms with van der Waals surface area (Å²) < 4.78 is 0. The summed E-state index contributed by atoms with van der Waals surface area (Å²) in [6.07, 6.45) is 0.354. The lowest BCUT2D eigenvalue weighted by atomic mass is 10.1. The maximum Gasteiger partial charge on any atom is 0.230 e. The molecular weight excluding hydrogens is 232 g/mol. The second-order valence-electron chi connectivity index (χ2n) is 4.28. The van der Waals surface area contributed by atoms with E-state index in [-0.39, 0.29) is 11.9 Å². The Labute approximate surface area is 108 Å². The van der Waals surface area contributed by atoms with Gasteiger partial charge in [0.25, 0.3) is 0 Å². The Morgan fingerprint density at radius 2 is 2.00 bits per heavy atom. The van der Waals surface area contributed by atoms with Crippen LogP contribution >= 0.6 is 12.2 Å². The Morgan fingerprint density at radius 1 is 1.35 bits per heavy atom. The van der Waals surface area contributed by atoms with E-state index in [0.717, 1.165) is 11.1 Å². The van der Waals surface area contributed by atoms with E-state index in [1.807, 2.05) is 45.0 Å². The molecular formula is C13H18N2OS. The lowest BCUT2D eigenvalue weighted by molar-refractivity contribution is -0.119. The van der Waals surface area contributed by atoms with Gasteiger partial charge in [0.2, 0.25) is 5.91 Å². The highest BCUT2D eigenvalue weighted by atomic mass is 32.1. The Morgan fingerprint density at radius 3 is 2.59 bits per heavy atom. The molecule has 0 heterocycles. The Kier molecular flexibility index (Phi) is 5.10. The zero-order valence-electron chi connectivity index (χ0n) is 10.4. The smallest absolute Gasteiger partial charge is 0.230 e. The average molecular weight is 250 g/mol. The van der Waals surface area contributed by atoms with Gasteiger partial charge in [-0.05, 0) is 44.1 Å². The highest BCUT2D eigenvalue weighted by Crippen LogP contribution is 2.07. The first-order valence-electron chi connectivity index (χ1n) is 5.64. The van der Waals surface area contributed by atoms with Gasteiger partial charge in [0.1, 0.15) is 0 Å². The van der Waals surface area contributed by atoms with Crippen molar-refractivity contribution < 1.29 is 4.79 Å². The molecule has 0 aliphatic rings. The summed E-state index contributed by atoms with van der Waals surface area (Å²) in [7, 11) is 0. The number of nitrogens with one attached hydrogen (secondary N) is 2. The third-order valence-electron chi connectivity index (χ3n) is 2.28. The lowest BCUT2D eigenvalue weighted by Gasteiger charge is -2.12. The number of benzene rings is 1. The Balaban J connectivity index is 2.51. The van der Waals surface area contributed by atoms with Crippen molar-refractivity contribution in [2.45, 2.75) is 33.2 Å². The molecule has 0 aliphatic heterocycles. The van der Waals surface area contributed by atoms with Gasteiger partial charge < -0.3 is 10.6 Å². The molecule has 0 aromatic heterocycles. The highest BCUT2D eigenvalue weighted by molar-refractivity contribution is 7.80. The van der Waals surface area contributed by atoms with E-state index >= 15 is 0 Å². The molecule has 0 fully saturated rings. The maximum atomic E-state index is 11.7. The fourth-order valence-electron chi connectivity index (χ4n) is 1.45. The zero-order valence-corrected chi connectivity index (χ0v) is 11.2. The second kappa shape index (κ2) is 6.35. The SMILES string of the molecule is Cc1ccccc1CC(=O)NC(=S)NC(C)C. The number of hydrogen-bond acceptors (Lipinski definition) is 2. The van der Waals surface area contributed by atoms with Crippen molar-refractivity contribution >= 4 is 23.2 Å². The van der Waals surface area contributed by atoms with Crippen LogP contribution in [0.2, 0.25) is 0 Å². The molecule has 0 bridgehead atoms. The van der Waals surface area contributed by atoms with Crippen LogP contribution in [0.5, 0.6) is 0 Å². The molecule has 0 saturated carbocycles. The van der Waals surface area contributed by atoms with Gasteiger partial charge in [-0.15, -0.1) is 0 Å². The molecule has 4 heteroatoms. The quantitative estimate of drug-likeness (QED) is 0.806. The molecule has 1 aromatic carbocycles. The molecule has 92 valence electrons. The molecule has 17 heavy (non-hydrogen) atoms. The van der Waals surface area contributed by atoms with Crippen molar-refractivity contribution in [1.29, 1.82) is 0 Å². The number of hydrogen-bond donors (Lipinski definition) is 2. The second-order valence-corrected chi connectivity index (χ2v) is 4.69. The number of amides is 1. The third-order valence-corrected chi connectivity index (χ3v) is 2.50. The van der Waals surface area contributed by atoms with E-state index in [4.69, 9.17) is 12.2 Å². The molecule has 2 N–H and O–H groups in total. The van der Waals surface area contributed by atoms with Crippen LogP contribution in [0.15, 0.2) is 24.3 Å². The van der Waals surface area contributed by atoms with E-state index in [1.54, 1.807) is 0 Å². The van der Waals surface area contributed by atoms with Crippen LogP contribution < -0.4 is 10.6 Å². The van der Waals surface area contributed by atoms with Crippen molar-refractivity contribution in [2.75, 3.05) is 0 Å². The minimum absolute atomic E-state index is 0.0857. The van der Waals surface area contributed by atoms with E-state index in [2.05, 4.69) is 10.6 Å². The van der Waals surface area contributed by atoms with Crippen molar-refractivity contribution in [3.63, 3.8) is 0 Å². The van der Waals surface area contributed by atoms with Gasteiger partial charge in [-0.2, -0.15) is 0 Å². The number of aryl methyl sites for hydroxylation is 1. The summed E-state index contributed by atoms with van der Waals surface area (Å²) in [5.74, 6) is -0.0857. The molecule has 0 spiro atoms. The van der Waals surface area contributed by atoms with Crippen molar-refractivity contribution in [3.05, 3.63) is 35.4 Å². The molecule has 3 nitrogen and oxygen atoms in total. The number of carbonyl (C=O) groups is 1. The average Bonchev–Trinajstić information content (AvgIpc) is 2.19. The first kappa shape index (κ1) is 13.6. The van der Waals surface area contributed by atoms with Gasteiger partial charge in [0.05, 0.1) is 6.42 Å².